The molecule has 2 saturated heterocycles. The van der Waals surface area contributed by atoms with E-state index in [1.54, 1.807) is 71.8 Å². The van der Waals surface area contributed by atoms with E-state index in [-0.39, 0.29) is 6.61 Å². The highest BCUT2D eigenvalue weighted by atomic mass is 19.1. The van der Waals surface area contributed by atoms with Crippen molar-refractivity contribution in [3.05, 3.63) is 118 Å². The van der Waals surface area contributed by atoms with Crippen LogP contribution in [0.1, 0.15) is 52.5 Å². The third kappa shape index (κ3) is 11.7. The van der Waals surface area contributed by atoms with Crippen LogP contribution in [0.2, 0.25) is 0 Å². The number of aliphatic hydroxyl groups is 5. The number of rotatable bonds is 14. The van der Waals surface area contributed by atoms with Crippen LogP contribution in [0.5, 0.6) is 23.0 Å². The fourth-order valence-corrected chi connectivity index (χ4v) is 7.15. The van der Waals surface area contributed by atoms with Crippen molar-refractivity contribution in [3.63, 3.8) is 0 Å². The fraction of sp³-hybridized carbons (Fsp3) is 0.444. The van der Waals surface area contributed by atoms with Gasteiger partial charge in [-0.2, -0.15) is 0 Å². The quantitative estimate of drug-likeness (QED) is 0.109. The van der Waals surface area contributed by atoms with E-state index < -0.39 is 80.5 Å². The van der Waals surface area contributed by atoms with Crippen molar-refractivity contribution in [3.8, 4) is 23.0 Å². The lowest BCUT2D eigenvalue weighted by atomic mass is 9.90. The minimum atomic E-state index is -1.94. The summed E-state index contributed by atoms with van der Waals surface area (Å²) in [5.74, 6) is 2.79. The third-order valence-corrected chi connectivity index (χ3v) is 10.5. The molecule has 2 fully saturated rings. The molecule has 2 aliphatic heterocycles. The molecule has 61 heavy (non-hydrogen) atoms. The molecule has 0 amide bonds. The van der Waals surface area contributed by atoms with Gasteiger partial charge in [-0.3, -0.25) is 0 Å². The van der Waals surface area contributed by atoms with Crippen molar-refractivity contribution in [2.75, 3.05) is 48.3 Å². The van der Waals surface area contributed by atoms with Crippen molar-refractivity contribution in [1.29, 1.82) is 0 Å². The van der Waals surface area contributed by atoms with E-state index in [1.807, 2.05) is 48.5 Å². The molecule has 2 heterocycles. The van der Waals surface area contributed by atoms with E-state index in [0.29, 0.717) is 35.5 Å². The maximum absolute atomic E-state index is 14.6. The Morgan fingerprint density at radius 2 is 1.02 bits per heavy atom. The molecule has 10 atom stereocenters. The van der Waals surface area contributed by atoms with Gasteiger partial charge in [-0.15, -0.1) is 0 Å². The molecule has 6 rings (SSSR count). The van der Waals surface area contributed by atoms with Crippen LogP contribution >= 0.6 is 0 Å². The molecular formula is C45H54F2O14. The van der Waals surface area contributed by atoms with Gasteiger partial charge in [-0.1, -0.05) is 36.4 Å². The number of hydrogen-bond donors (Lipinski definition) is 5. The Morgan fingerprint density at radius 3 is 1.41 bits per heavy atom. The van der Waals surface area contributed by atoms with E-state index in [1.165, 1.54) is 0 Å². The molecule has 0 radical (unpaired) electrons. The number of halogens is 2. The number of benzene rings is 4. The van der Waals surface area contributed by atoms with Crippen LogP contribution in [-0.4, -0.2) is 129 Å². The summed E-state index contributed by atoms with van der Waals surface area (Å²) in [6.07, 6.45) is -14.5. The first-order valence-electron chi connectivity index (χ1n) is 19.7. The van der Waals surface area contributed by atoms with Crippen molar-refractivity contribution < 1.29 is 77.0 Å². The largest absolute Gasteiger partial charge is 0.508 e. The first kappa shape index (κ1) is 47.0. The monoisotopic (exact) mass is 856 g/mol. The summed E-state index contributed by atoms with van der Waals surface area (Å²) in [4.78, 5) is 11.5. The van der Waals surface area contributed by atoms with E-state index in [9.17, 15) is 39.1 Å². The summed E-state index contributed by atoms with van der Waals surface area (Å²) in [6, 6.07) is 25.6. The van der Waals surface area contributed by atoms with Crippen LogP contribution in [0.25, 0.3) is 0 Å². The summed E-state index contributed by atoms with van der Waals surface area (Å²) in [7, 11) is 6.32. The van der Waals surface area contributed by atoms with Gasteiger partial charge in [0.15, 0.2) is 12.3 Å². The van der Waals surface area contributed by atoms with Crippen LogP contribution in [0.4, 0.5) is 13.6 Å². The fourth-order valence-electron chi connectivity index (χ4n) is 7.15. The molecule has 14 nitrogen and oxygen atoms in total. The van der Waals surface area contributed by atoms with E-state index in [4.69, 9.17) is 33.2 Å². The van der Waals surface area contributed by atoms with Gasteiger partial charge < -0.3 is 63.4 Å². The maximum atomic E-state index is 14.6. The van der Waals surface area contributed by atoms with Gasteiger partial charge in [0, 0.05) is 12.8 Å². The number of methoxy groups -OCH3 is 4. The van der Waals surface area contributed by atoms with Crippen LogP contribution in [0, 0.1) is 0 Å². The predicted molar refractivity (Wildman–Crippen MR) is 217 cm³/mol. The molecule has 5 N–H and O–H groups in total. The molecule has 4 aromatic carbocycles. The number of aliphatic hydroxyl groups excluding tert-OH is 5. The Bertz CT molecular complexity index is 1980. The molecule has 332 valence electrons. The minimum absolute atomic E-state index is 0.107. The van der Waals surface area contributed by atoms with E-state index in [2.05, 4.69) is 4.74 Å². The molecule has 16 heteroatoms. The maximum Gasteiger partial charge on any atom is 0.508 e. The third-order valence-electron chi connectivity index (χ3n) is 10.5. The molecule has 4 aromatic rings. The zero-order chi connectivity index (χ0) is 44.2. The lowest BCUT2D eigenvalue weighted by Crippen LogP contribution is -2.53. The van der Waals surface area contributed by atoms with Gasteiger partial charge in [0.05, 0.1) is 41.7 Å². The first-order chi connectivity index (χ1) is 29.3. The van der Waals surface area contributed by atoms with Gasteiger partial charge in [0.1, 0.15) is 78.4 Å². The zero-order valence-electron chi connectivity index (χ0n) is 34.6. The SMILES string of the molecule is CCOC(=O)OCC1OC(c2ccc(OC)c(Cc3ccc(OC)cc3)c2)C(O)C(O)C1F.COc1ccc(Cc2cc(C3OC(CO)C(F)C(O)C3O)ccc2OC)cc1. The van der Waals surface area contributed by atoms with Crippen molar-refractivity contribution in [1.82, 2.24) is 0 Å². The Morgan fingerprint density at radius 1 is 0.590 bits per heavy atom. The predicted octanol–water partition coefficient (Wildman–Crippen LogP) is 4.75. The lowest BCUT2D eigenvalue weighted by Gasteiger charge is -2.39. The van der Waals surface area contributed by atoms with Gasteiger partial charge in [-0.05, 0) is 88.8 Å². The van der Waals surface area contributed by atoms with Crippen molar-refractivity contribution in [2.45, 2.75) is 80.9 Å². The highest BCUT2D eigenvalue weighted by Crippen LogP contribution is 2.38. The van der Waals surface area contributed by atoms with Crippen LogP contribution in [-0.2, 0) is 31.8 Å². The molecule has 10 unspecified atom stereocenters. The number of carbonyl (C=O) groups excluding carboxylic acids is 1. The molecule has 0 spiro atoms. The number of carbonyl (C=O) groups is 1. The van der Waals surface area contributed by atoms with E-state index in [0.717, 1.165) is 33.8 Å². The minimum Gasteiger partial charge on any atom is -0.497 e. The standard InChI is InChI=1S/C24H29FO8.C21H25FO6/c1-4-31-24(28)32-13-19-20(25)21(26)22(27)23(33-19)15-7-10-18(30-3)16(12-15)11-14-5-8-17(29-2)9-6-14;1-26-15-6-3-12(4-7-15)9-14-10-13(5-8-16(14)27-2)21-20(25)19(24)18(22)17(11-23)28-21/h5-10,12,19-23,26-27H,4,11,13H2,1-3H3;3-8,10,17-21,23-25H,9,11H2,1-2H3. The Hall–Kier alpha value is -5.07. The van der Waals surface area contributed by atoms with Gasteiger partial charge >= 0.3 is 6.16 Å². The average molecular weight is 857 g/mol. The summed E-state index contributed by atoms with van der Waals surface area (Å²) in [5, 5.41) is 50.4. The number of ether oxygens (including phenoxy) is 8. The summed E-state index contributed by atoms with van der Waals surface area (Å²) >= 11 is 0. The van der Waals surface area contributed by atoms with Crippen molar-refractivity contribution >= 4 is 6.16 Å². The van der Waals surface area contributed by atoms with Crippen molar-refractivity contribution in [2.24, 2.45) is 0 Å². The summed E-state index contributed by atoms with van der Waals surface area (Å²) in [6.45, 7) is 0.668. The summed E-state index contributed by atoms with van der Waals surface area (Å²) < 4.78 is 70.6. The van der Waals surface area contributed by atoms with Gasteiger partial charge in [0.25, 0.3) is 0 Å². The summed E-state index contributed by atoms with van der Waals surface area (Å²) in [5.41, 5.74) is 4.78. The average Bonchev–Trinajstić information content (AvgIpc) is 3.28. The molecule has 2 aliphatic rings. The van der Waals surface area contributed by atoms with Gasteiger partial charge in [0.2, 0.25) is 0 Å². The van der Waals surface area contributed by atoms with Crippen LogP contribution in [0.15, 0.2) is 84.9 Å². The smallest absolute Gasteiger partial charge is 0.497 e. The normalized spacial score (nSPS) is 26.0. The molecule has 0 saturated carbocycles. The number of hydrogen-bond acceptors (Lipinski definition) is 14. The van der Waals surface area contributed by atoms with Crippen LogP contribution < -0.4 is 18.9 Å². The Balaban J connectivity index is 0.000000234. The molecular weight excluding hydrogens is 802 g/mol. The zero-order valence-corrected chi connectivity index (χ0v) is 34.6. The first-order valence-corrected chi connectivity index (χ1v) is 19.7. The highest BCUT2D eigenvalue weighted by molar-refractivity contribution is 5.59. The second kappa shape index (κ2) is 22.1. The Kier molecular flexibility index (Phi) is 17.1. The highest BCUT2D eigenvalue weighted by Gasteiger charge is 2.47. The second-order valence-corrected chi connectivity index (χ2v) is 14.4. The molecule has 0 aromatic heterocycles. The molecule has 0 bridgehead atoms. The van der Waals surface area contributed by atoms with Gasteiger partial charge in [-0.25, -0.2) is 13.6 Å². The van der Waals surface area contributed by atoms with Crippen LogP contribution in [0.3, 0.4) is 0 Å². The second-order valence-electron chi connectivity index (χ2n) is 14.4. The van der Waals surface area contributed by atoms with E-state index >= 15 is 0 Å². The number of alkyl halides is 2. The molecule has 0 aliphatic carbocycles. The topological polar surface area (TPSA) is 192 Å². The Labute approximate surface area is 353 Å². The lowest BCUT2D eigenvalue weighted by molar-refractivity contribution is -0.215.